The molecule has 0 fully saturated rings. The monoisotopic (exact) mass is 401 g/mol. The predicted octanol–water partition coefficient (Wildman–Crippen LogP) is 4.87. The van der Waals surface area contributed by atoms with Crippen LogP contribution in [0.5, 0.6) is 0 Å². The number of halogens is 2. The lowest BCUT2D eigenvalue weighted by atomic mass is 10.2. The lowest BCUT2D eigenvalue weighted by Gasteiger charge is -2.11. The van der Waals surface area contributed by atoms with E-state index in [4.69, 9.17) is 28.9 Å². The molecule has 5 nitrogen and oxygen atoms in total. The molecule has 0 spiro atoms. The summed E-state index contributed by atoms with van der Waals surface area (Å²) in [5.74, 6) is 1.05. The summed E-state index contributed by atoms with van der Waals surface area (Å²) in [7, 11) is 0. The van der Waals surface area contributed by atoms with Gasteiger partial charge in [-0.15, -0.1) is 0 Å². The third-order valence-electron chi connectivity index (χ3n) is 3.71. The molecule has 2 aromatic carbocycles. The summed E-state index contributed by atoms with van der Waals surface area (Å²) in [6.07, 6.45) is 1.68. The van der Waals surface area contributed by atoms with E-state index in [1.54, 1.807) is 12.4 Å². The molecule has 0 amide bonds. The number of fused-ring (bicyclic) bond motifs is 1. The molecule has 0 saturated heterocycles. The molecule has 2 aromatic rings. The molecule has 0 radical (unpaired) electrons. The van der Waals surface area contributed by atoms with Crippen LogP contribution in [0.15, 0.2) is 64.9 Å². The van der Waals surface area contributed by atoms with Crippen LogP contribution in [0.4, 0.5) is 5.82 Å². The fourth-order valence-electron chi connectivity index (χ4n) is 2.57. The van der Waals surface area contributed by atoms with Gasteiger partial charge in [-0.05, 0) is 35.5 Å². The molecule has 0 bridgehead atoms. The van der Waals surface area contributed by atoms with Gasteiger partial charge in [0, 0.05) is 14.9 Å². The lowest BCUT2D eigenvalue weighted by Crippen LogP contribution is -2.09. The van der Waals surface area contributed by atoms with Gasteiger partial charge in [0.25, 0.3) is 0 Å². The average molecular weight is 402 g/mol. The van der Waals surface area contributed by atoms with Crippen molar-refractivity contribution in [3.8, 4) is 11.5 Å². The highest BCUT2D eigenvalue weighted by molar-refractivity contribution is 7.99. The number of aromatic nitrogens is 4. The average Bonchev–Trinajstić information content (AvgIpc) is 3.02. The van der Waals surface area contributed by atoms with Gasteiger partial charge < -0.3 is 10.3 Å². The number of imidazole rings is 1. The first-order chi connectivity index (χ1) is 12.6. The van der Waals surface area contributed by atoms with Gasteiger partial charge in [-0.25, -0.2) is 15.0 Å². The maximum Gasteiger partial charge on any atom is 0.195 e. The van der Waals surface area contributed by atoms with Gasteiger partial charge in [0.2, 0.25) is 0 Å². The molecule has 130 valence electrons. The highest BCUT2D eigenvalue weighted by Crippen LogP contribution is 2.34. The van der Waals surface area contributed by atoms with E-state index in [-0.39, 0.29) is 0 Å². The van der Waals surface area contributed by atoms with Gasteiger partial charge >= 0.3 is 0 Å². The Bertz CT molecular complexity index is 1010. The van der Waals surface area contributed by atoms with E-state index < -0.39 is 0 Å². The first-order valence-corrected chi connectivity index (χ1v) is 9.32. The molecule has 0 aromatic heterocycles. The maximum atomic E-state index is 6.06. The van der Waals surface area contributed by atoms with E-state index in [1.807, 2.05) is 34.9 Å². The molecule has 2 aliphatic rings. The van der Waals surface area contributed by atoms with Crippen molar-refractivity contribution in [2.75, 3.05) is 5.73 Å². The summed E-state index contributed by atoms with van der Waals surface area (Å²) in [5, 5.41) is 1.70. The molecule has 0 aliphatic carbocycles. The van der Waals surface area contributed by atoms with Crippen LogP contribution in [-0.4, -0.2) is 19.5 Å². The SMILES string of the molecule is Nc1ncn(Cc2ccccc2)c2nc(Sc3cc(Cl)cc(Cl)c3)nc1-2. The van der Waals surface area contributed by atoms with Crippen LogP contribution in [0.2, 0.25) is 10.0 Å². The highest BCUT2D eigenvalue weighted by atomic mass is 35.5. The molecule has 8 heteroatoms. The van der Waals surface area contributed by atoms with Gasteiger partial charge in [-0.1, -0.05) is 53.5 Å². The zero-order valence-corrected chi connectivity index (χ0v) is 15.8. The maximum absolute atomic E-state index is 6.06. The second-order valence-electron chi connectivity index (χ2n) is 5.63. The van der Waals surface area contributed by atoms with Crippen LogP contribution in [0.3, 0.4) is 0 Å². The zero-order valence-electron chi connectivity index (χ0n) is 13.4. The summed E-state index contributed by atoms with van der Waals surface area (Å²) in [4.78, 5) is 14.3. The first kappa shape index (κ1) is 17.1. The molecular weight excluding hydrogens is 389 g/mol. The molecule has 0 saturated carbocycles. The first-order valence-electron chi connectivity index (χ1n) is 7.75. The van der Waals surface area contributed by atoms with Crippen molar-refractivity contribution in [1.82, 2.24) is 19.5 Å². The Balaban J connectivity index is 1.70. The third-order valence-corrected chi connectivity index (χ3v) is 4.99. The minimum atomic E-state index is 0.354. The molecular formula is C18H13Cl2N5S. The van der Waals surface area contributed by atoms with E-state index in [9.17, 15) is 0 Å². The molecule has 26 heavy (non-hydrogen) atoms. The number of rotatable bonds is 4. The standard InChI is InChI=1S/C18H13Cl2N5S/c19-12-6-13(20)8-14(7-12)26-18-23-15-16(21)22-10-25(17(15)24-18)9-11-4-2-1-3-5-11/h1-8,10H,9,21H2. The lowest BCUT2D eigenvalue weighted by molar-refractivity contribution is 0.760. The molecule has 2 heterocycles. The Kier molecular flexibility index (Phi) is 4.72. The molecule has 0 atom stereocenters. The van der Waals surface area contributed by atoms with Crippen LogP contribution in [-0.2, 0) is 6.54 Å². The second-order valence-corrected chi connectivity index (χ2v) is 7.54. The van der Waals surface area contributed by atoms with E-state index in [0.29, 0.717) is 39.1 Å². The molecule has 4 rings (SSSR count). The summed E-state index contributed by atoms with van der Waals surface area (Å²) < 4.78 is 1.93. The zero-order chi connectivity index (χ0) is 18.1. The van der Waals surface area contributed by atoms with Crippen LogP contribution in [0, 0.1) is 0 Å². The third kappa shape index (κ3) is 3.62. The van der Waals surface area contributed by atoms with Crippen molar-refractivity contribution in [3.05, 3.63) is 70.5 Å². The Labute approximate surface area is 164 Å². The number of benzene rings is 2. The second kappa shape index (κ2) is 7.15. The number of hydrogen-bond acceptors (Lipinski definition) is 5. The fourth-order valence-corrected chi connectivity index (χ4v) is 4.08. The number of hydrogen-bond donors (Lipinski definition) is 1. The van der Waals surface area contributed by atoms with Crippen LogP contribution >= 0.6 is 35.0 Å². The fraction of sp³-hybridized carbons (Fsp3) is 0.0556. The van der Waals surface area contributed by atoms with E-state index >= 15 is 0 Å². The topological polar surface area (TPSA) is 69.6 Å². The Hall–Kier alpha value is -2.28. The van der Waals surface area contributed by atoms with Gasteiger partial charge in [0.05, 0.1) is 12.9 Å². The number of nitrogens with two attached hydrogens (primary N) is 1. The smallest absolute Gasteiger partial charge is 0.195 e. The van der Waals surface area contributed by atoms with E-state index in [2.05, 4.69) is 27.1 Å². The Morgan fingerprint density at radius 2 is 1.73 bits per heavy atom. The van der Waals surface area contributed by atoms with E-state index in [1.165, 1.54) is 11.8 Å². The quantitative estimate of drug-likeness (QED) is 0.528. The van der Waals surface area contributed by atoms with E-state index in [0.717, 1.165) is 10.5 Å². The Morgan fingerprint density at radius 3 is 2.46 bits per heavy atom. The number of anilines is 1. The largest absolute Gasteiger partial charge is 0.382 e. The summed E-state index contributed by atoms with van der Waals surface area (Å²) in [6.45, 7) is 0.635. The van der Waals surface area contributed by atoms with Crippen molar-refractivity contribution in [1.29, 1.82) is 0 Å². The van der Waals surface area contributed by atoms with Gasteiger partial charge in [-0.3, -0.25) is 0 Å². The van der Waals surface area contributed by atoms with Gasteiger partial charge in [-0.2, -0.15) is 0 Å². The highest BCUT2D eigenvalue weighted by Gasteiger charge is 2.19. The van der Waals surface area contributed by atoms with Crippen molar-refractivity contribution >= 4 is 40.8 Å². The minimum Gasteiger partial charge on any atom is -0.382 e. The van der Waals surface area contributed by atoms with Crippen LogP contribution in [0.1, 0.15) is 5.56 Å². The summed E-state index contributed by atoms with van der Waals surface area (Å²) in [6, 6.07) is 15.4. The summed E-state index contributed by atoms with van der Waals surface area (Å²) >= 11 is 13.5. The van der Waals surface area contributed by atoms with Crippen molar-refractivity contribution in [2.24, 2.45) is 0 Å². The van der Waals surface area contributed by atoms with Crippen LogP contribution in [0.25, 0.3) is 11.5 Å². The molecule has 2 aliphatic heterocycles. The molecule has 2 N–H and O–H groups in total. The van der Waals surface area contributed by atoms with Crippen LogP contribution < -0.4 is 5.73 Å². The number of nitrogens with zero attached hydrogens (tertiary/aromatic N) is 4. The number of nitrogen functional groups attached to an aromatic ring is 1. The van der Waals surface area contributed by atoms with Crippen molar-refractivity contribution in [3.63, 3.8) is 0 Å². The van der Waals surface area contributed by atoms with Crippen molar-refractivity contribution < 1.29 is 0 Å². The minimum absolute atomic E-state index is 0.354. The van der Waals surface area contributed by atoms with Gasteiger partial charge in [0.1, 0.15) is 0 Å². The van der Waals surface area contributed by atoms with Crippen molar-refractivity contribution in [2.45, 2.75) is 16.6 Å². The normalized spacial score (nSPS) is 11.2. The predicted molar refractivity (Wildman–Crippen MR) is 105 cm³/mol. The molecule has 0 unspecified atom stereocenters. The van der Waals surface area contributed by atoms with Gasteiger partial charge in [0.15, 0.2) is 22.5 Å². The summed E-state index contributed by atoms with van der Waals surface area (Å²) in [5.41, 5.74) is 7.72. The Morgan fingerprint density at radius 1 is 1.00 bits per heavy atom.